The zero-order valence-electron chi connectivity index (χ0n) is 7.65. The summed E-state index contributed by atoms with van der Waals surface area (Å²) >= 11 is 0. The topological polar surface area (TPSA) is 64.7 Å². The zero-order chi connectivity index (χ0) is 9.84. The summed E-state index contributed by atoms with van der Waals surface area (Å²) in [5.41, 5.74) is 5.86. The molecule has 4 heteroatoms. The Hall–Kier alpha value is -1.26. The molecule has 0 amide bonds. The second kappa shape index (κ2) is 4.11. The molecule has 1 atom stereocenters. The molecule has 1 aromatic carbocycles. The quantitative estimate of drug-likeness (QED) is 0.675. The Morgan fingerprint density at radius 2 is 2.00 bits per heavy atom. The number of nitrogens with two attached hydrogens (primary N) is 1. The third-order valence-corrected chi connectivity index (χ3v) is 1.76. The van der Waals surface area contributed by atoms with E-state index in [0.717, 1.165) is 0 Å². The Labute approximate surface area is 76.9 Å². The highest BCUT2D eigenvalue weighted by molar-refractivity contribution is 5.41. The number of ether oxygens (including phenoxy) is 2. The number of hydrogen-bond donors (Lipinski definition) is 2. The lowest BCUT2D eigenvalue weighted by Gasteiger charge is -2.11. The van der Waals surface area contributed by atoms with Crippen LogP contribution in [-0.4, -0.2) is 19.3 Å². The molecule has 0 saturated heterocycles. The van der Waals surface area contributed by atoms with Crippen LogP contribution in [0.4, 0.5) is 0 Å². The number of methoxy groups -OCH3 is 2. The minimum atomic E-state index is -1.03. The summed E-state index contributed by atoms with van der Waals surface area (Å²) in [4.78, 5) is 0. The fourth-order valence-electron chi connectivity index (χ4n) is 1.06. The Bertz CT molecular complexity index is 286. The van der Waals surface area contributed by atoms with E-state index in [9.17, 15) is 0 Å². The molecule has 4 nitrogen and oxygen atoms in total. The standard InChI is InChI=1S/C9H13NO3/c1-12-6-3-4-7(9(10)11)8(5-6)13-2/h3-5,9,11H,10H2,1-2H3. The van der Waals surface area contributed by atoms with Gasteiger partial charge in [-0.2, -0.15) is 0 Å². The van der Waals surface area contributed by atoms with E-state index >= 15 is 0 Å². The second-order valence-corrected chi connectivity index (χ2v) is 2.55. The first-order valence-electron chi connectivity index (χ1n) is 3.84. The van der Waals surface area contributed by atoms with E-state index in [1.807, 2.05) is 0 Å². The first-order chi connectivity index (χ1) is 6.19. The summed E-state index contributed by atoms with van der Waals surface area (Å²) in [7, 11) is 3.08. The lowest BCUT2D eigenvalue weighted by atomic mass is 10.1. The van der Waals surface area contributed by atoms with Crippen molar-refractivity contribution >= 4 is 0 Å². The Balaban J connectivity index is 3.08. The molecule has 0 aliphatic heterocycles. The van der Waals surface area contributed by atoms with Crippen LogP contribution in [0.25, 0.3) is 0 Å². The van der Waals surface area contributed by atoms with Gasteiger partial charge in [-0.1, -0.05) is 0 Å². The monoisotopic (exact) mass is 183 g/mol. The number of rotatable bonds is 3. The molecule has 0 bridgehead atoms. The highest BCUT2D eigenvalue weighted by Gasteiger charge is 2.09. The van der Waals surface area contributed by atoms with Gasteiger partial charge in [-0.25, -0.2) is 0 Å². The van der Waals surface area contributed by atoms with Crippen molar-refractivity contribution in [2.75, 3.05) is 14.2 Å². The summed E-state index contributed by atoms with van der Waals surface area (Å²) in [6.07, 6.45) is -1.03. The van der Waals surface area contributed by atoms with Gasteiger partial charge in [0.05, 0.1) is 14.2 Å². The highest BCUT2D eigenvalue weighted by Crippen LogP contribution is 2.27. The van der Waals surface area contributed by atoms with Gasteiger partial charge >= 0.3 is 0 Å². The third-order valence-electron chi connectivity index (χ3n) is 1.76. The van der Waals surface area contributed by atoms with E-state index in [1.165, 1.54) is 7.11 Å². The van der Waals surface area contributed by atoms with Crippen molar-refractivity contribution in [2.24, 2.45) is 5.73 Å². The van der Waals surface area contributed by atoms with Gasteiger partial charge in [0.15, 0.2) is 0 Å². The van der Waals surface area contributed by atoms with Gasteiger partial charge in [0, 0.05) is 11.6 Å². The van der Waals surface area contributed by atoms with E-state index in [-0.39, 0.29) is 0 Å². The molecule has 0 radical (unpaired) electrons. The van der Waals surface area contributed by atoms with Gasteiger partial charge in [-0.3, -0.25) is 0 Å². The molecule has 0 aliphatic rings. The molecule has 1 aromatic rings. The minimum absolute atomic E-state index is 0.523. The van der Waals surface area contributed by atoms with Crippen LogP contribution in [0.15, 0.2) is 18.2 Å². The van der Waals surface area contributed by atoms with E-state index in [2.05, 4.69) is 0 Å². The van der Waals surface area contributed by atoms with Crippen molar-refractivity contribution in [3.8, 4) is 11.5 Å². The highest BCUT2D eigenvalue weighted by atomic mass is 16.5. The Morgan fingerprint density at radius 1 is 1.31 bits per heavy atom. The molecule has 0 heterocycles. The van der Waals surface area contributed by atoms with Crippen LogP contribution in [0.1, 0.15) is 11.8 Å². The van der Waals surface area contributed by atoms with Gasteiger partial charge in [0.1, 0.15) is 17.7 Å². The maximum Gasteiger partial charge on any atom is 0.132 e. The third kappa shape index (κ3) is 2.11. The smallest absolute Gasteiger partial charge is 0.132 e. The molecule has 0 fully saturated rings. The van der Waals surface area contributed by atoms with E-state index in [1.54, 1.807) is 25.3 Å². The van der Waals surface area contributed by atoms with E-state index in [0.29, 0.717) is 17.1 Å². The van der Waals surface area contributed by atoms with E-state index < -0.39 is 6.23 Å². The second-order valence-electron chi connectivity index (χ2n) is 2.55. The molecular formula is C9H13NO3. The molecular weight excluding hydrogens is 170 g/mol. The molecule has 3 N–H and O–H groups in total. The Kier molecular flexibility index (Phi) is 3.11. The summed E-state index contributed by atoms with van der Waals surface area (Å²) in [6.45, 7) is 0. The average Bonchev–Trinajstić information content (AvgIpc) is 2.16. The summed E-state index contributed by atoms with van der Waals surface area (Å²) in [6, 6.07) is 5.06. The van der Waals surface area contributed by atoms with Crippen molar-refractivity contribution in [1.82, 2.24) is 0 Å². The van der Waals surface area contributed by atoms with Crippen molar-refractivity contribution in [3.63, 3.8) is 0 Å². The number of aliphatic hydroxyl groups is 1. The number of benzene rings is 1. The van der Waals surface area contributed by atoms with Gasteiger partial charge in [-0.05, 0) is 12.1 Å². The van der Waals surface area contributed by atoms with Gasteiger partial charge in [-0.15, -0.1) is 0 Å². The molecule has 1 unspecified atom stereocenters. The first-order valence-corrected chi connectivity index (χ1v) is 3.84. The minimum Gasteiger partial charge on any atom is -0.497 e. The van der Waals surface area contributed by atoms with Gasteiger partial charge in [0.25, 0.3) is 0 Å². The van der Waals surface area contributed by atoms with Crippen LogP contribution < -0.4 is 15.2 Å². The van der Waals surface area contributed by atoms with Gasteiger partial charge < -0.3 is 20.3 Å². The molecule has 13 heavy (non-hydrogen) atoms. The van der Waals surface area contributed by atoms with Crippen LogP contribution in [0.5, 0.6) is 11.5 Å². The fourth-order valence-corrected chi connectivity index (χ4v) is 1.06. The maximum absolute atomic E-state index is 9.16. The summed E-state index contributed by atoms with van der Waals surface area (Å²) in [5.74, 6) is 1.19. The van der Waals surface area contributed by atoms with Crippen LogP contribution in [0.2, 0.25) is 0 Å². The fraction of sp³-hybridized carbons (Fsp3) is 0.333. The zero-order valence-corrected chi connectivity index (χ0v) is 7.65. The van der Waals surface area contributed by atoms with Crippen LogP contribution in [-0.2, 0) is 0 Å². The molecule has 0 aliphatic carbocycles. The lowest BCUT2D eigenvalue weighted by molar-refractivity contribution is 0.181. The summed E-state index contributed by atoms with van der Waals surface area (Å²) < 4.78 is 10.0. The average molecular weight is 183 g/mol. The SMILES string of the molecule is COc1ccc(C(N)O)c(OC)c1. The molecule has 0 aromatic heterocycles. The van der Waals surface area contributed by atoms with Gasteiger partial charge in [0.2, 0.25) is 0 Å². The summed E-state index contributed by atoms with van der Waals surface area (Å²) in [5, 5.41) is 9.16. The molecule has 0 spiro atoms. The molecule has 72 valence electrons. The number of hydrogen-bond acceptors (Lipinski definition) is 4. The maximum atomic E-state index is 9.16. The van der Waals surface area contributed by atoms with Crippen molar-refractivity contribution in [3.05, 3.63) is 23.8 Å². The predicted octanol–water partition coefficient (Wildman–Crippen LogP) is 0.653. The van der Waals surface area contributed by atoms with Crippen molar-refractivity contribution in [1.29, 1.82) is 0 Å². The number of aliphatic hydroxyl groups excluding tert-OH is 1. The normalized spacial score (nSPS) is 12.3. The Morgan fingerprint density at radius 3 is 2.46 bits per heavy atom. The van der Waals surface area contributed by atoms with Crippen LogP contribution in [0.3, 0.4) is 0 Å². The van der Waals surface area contributed by atoms with E-state index in [4.69, 9.17) is 20.3 Å². The largest absolute Gasteiger partial charge is 0.497 e. The predicted molar refractivity (Wildman–Crippen MR) is 48.7 cm³/mol. The molecule has 0 saturated carbocycles. The van der Waals surface area contributed by atoms with Crippen LogP contribution >= 0.6 is 0 Å². The molecule has 1 rings (SSSR count). The van der Waals surface area contributed by atoms with Crippen LogP contribution in [0, 0.1) is 0 Å². The first kappa shape index (κ1) is 9.83. The van der Waals surface area contributed by atoms with Crippen molar-refractivity contribution in [2.45, 2.75) is 6.23 Å². The van der Waals surface area contributed by atoms with Crippen molar-refractivity contribution < 1.29 is 14.6 Å². The lowest BCUT2D eigenvalue weighted by Crippen LogP contribution is -2.10.